The number of methoxy groups -OCH3 is 2. The van der Waals surface area contributed by atoms with Gasteiger partial charge in [-0.3, -0.25) is 9.36 Å². The maximum Gasteiger partial charge on any atom is 0.303 e. The third kappa shape index (κ3) is 5.11. The van der Waals surface area contributed by atoms with Crippen LogP contribution in [-0.4, -0.2) is 64.3 Å². The number of hydrogen-bond donors (Lipinski definition) is 2. The Morgan fingerprint density at radius 3 is 2.64 bits per heavy atom. The Kier molecular flexibility index (Phi) is 6.86. The summed E-state index contributed by atoms with van der Waals surface area (Å²) in [4.78, 5) is 25.0. The second-order valence-electron chi connectivity index (χ2n) is 6.93. The molecule has 1 aliphatic rings. The number of carbonyl (C=O) groups is 1. The van der Waals surface area contributed by atoms with E-state index in [1.807, 2.05) is 4.72 Å². The highest BCUT2D eigenvalue weighted by molar-refractivity contribution is 7.89. The number of carbonyl (C=O) groups excluding carboxylic acids is 1. The minimum Gasteiger partial charge on any atom is -0.506 e. The molecular formula is C21H16ClN7O6S. The van der Waals surface area contributed by atoms with E-state index in [2.05, 4.69) is 36.6 Å². The van der Waals surface area contributed by atoms with Crippen LogP contribution in [0.5, 0.6) is 11.5 Å². The van der Waals surface area contributed by atoms with E-state index in [4.69, 9.17) is 21.1 Å². The van der Waals surface area contributed by atoms with Gasteiger partial charge in [0.15, 0.2) is 11.5 Å². The van der Waals surface area contributed by atoms with Gasteiger partial charge in [0.1, 0.15) is 28.8 Å². The Morgan fingerprint density at radius 1 is 1.19 bits per heavy atom. The number of aromatic nitrogens is 5. The minimum absolute atomic E-state index is 0.0402. The Hall–Kier alpha value is -4.48. The molecule has 0 radical (unpaired) electrons. The molecular weight excluding hydrogens is 514 g/mol. The molecule has 15 heteroatoms. The number of phenolic OH excluding ortho intramolecular Hbond substituents is 1. The number of sulfonamides is 1. The predicted octanol–water partition coefficient (Wildman–Crippen LogP) is 1.39. The molecule has 4 rings (SSSR count). The van der Waals surface area contributed by atoms with Gasteiger partial charge in [0.05, 0.1) is 25.3 Å². The van der Waals surface area contributed by atoms with E-state index in [0.717, 1.165) is 4.57 Å². The van der Waals surface area contributed by atoms with E-state index in [0.29, 0.717) is 0 Å². The van der Waals surface area contributed by atoms with Gasteiger partial charge in [-0.05, 0) is 17.9 Å². The second kappa shape index (κ2) is 10.0. The Labute approximate surface area is 209 Å². The van der Waals surface area contributed by atoms with Gasteiger partial charge in [0.2, 0.25) is 21.7 Å². The molecule has 1 aliphatic heterocycles. The number of nitrogens with one attached hydrogen (secondary N) is 1. The van der Waals surface area contributed by atoms with Crippen LogP contribution in [-0.2, 0) is 20.5 Å². The van der Waals surface area contributed by atoms with Crippen molar-refractivity contribution in [2.24, 2.45) is 4.99 Å². The first-order valence-corrected chi connectivity index (χ1v) is 11.9. The molecule has 3 heterocycles. The van der Waals surface area contributed by atoms with Crippen molar-refractivity contribution < 1.29 is 27.8 Å². The van der Waals surface area contributed by atoms with E-state index < -0.39 is 27.5 Å². The minimum atomic E-state index is -4.28. The van der Waals surface area contributed by atoms with Gasteiger partial charge in [-0.1, -0.05) is 23.4 Å². The number of phenols is 1. The zero-order valence-electron chi connectivity index (χ0n) is 18.6. The molecule has 0 saturated heterocycles. The molecule has 0 saturated carbocycles. The topological polar surface area (TPSA) is 171 Å². The molecule has 0 fully saturated rings. The number of nitrogens with zero attached hydrogens (tertiary/aromatic N) is 6. The van der Waals surface area contributed by atoms with Crippen LogP contribution < -0.4 is 9.46 Å². The van der Waals surface area contributed by atoms with Crippen molar-refractivity contribution in [1.29, 1.82) is 0 Å². The second-order valence-corrected chi connectivity index (χ2v) is 9.09. The molecule has 3 aromatic rings. The molecule has 184 valence electrons. The lowest BCUT2D eigenvalue weighted by molar-refractivity contribution is 0.0969. The van der Waals surface area contributed by atoms with Crippen LogP contribution in [0.25, 0.3) is 11.4 Å². The maximum atomic E-state index is 13.1. The summed E-state index contributed by atoms with van der Waals surface area (Å²) in [5.74, 6) is -2.54. The fourth-order valence-electron chi connectivity index (χ4n) is 3.05. The van der Waals surface area contributed by atoms with Gasteiger partial charge in [-0.2, -0.15) is 0 Å². The van der Waals surface area contributed by atoms with Gasteiger partial charge in [0.25, 0.3) is 0 Å². The SMILES string of the molecule is COC1=NC(c2nnc(C(=O)NS(=O)(=O)Cc3ncc(Cl)cn3)n2-c2c(O)cccc2OC)=C=C=C1. The highest BCUT2D eigenvalue weighted by Gasteiger charge is 2.29. The lowest BCUT2D eigenvalue weighted by atomic mass is 10.2. The zero-order valence-corrected chi connectivity index (χ0v) is 20.2. The Bertz CT molecular complexity index is 1590. The quantitative estimate of drug-likeness (QED) is 0.426. The molecule has 1 amide bonds. The summed E-state index contributed by atoms with van der Waals surface area (Å²) in [6, 6.07) is 4.37. The Morgan fingerprint density at radius 2 is 1.94 bits per heavy atom. The van der Waals surface area contributed by atoms with Crippen LogP contribution in [0.15, 0.2) is 53.1 Å². The number of amides is 1. The number of halogens is 1. The van der Waals surface area contributed by atoms with Crippen LogP contribution in [0.4, 0.5) is 0 Å². The first-order valence-electron chi connectivity index (χ1n) is 9.90. The number of ether oxygens (including phenoxy) is 2. The summed E-state index contributed by atoms with van der Waals surface area (Å²) in [5.41, 5.74) is 5.43. The van der Waals surface area contributed by atoms with E-state index in [1.54, 1.807) is 0 Å². The normalized spacial score (nSPS) is 12.6. The molecule has 0 spiro atoms. The molecule has 1 aromatic carbocycles. The highest BCUT2D eigenvalue weighted by Crippen LogP contribution is 2.34. The van der Waals surface area contributed by atoms with Crippen molar-refractivity contribution in [3.63, 3.8) is 0 Å². The van der Waals surface area contributed by atoms with E-state index in [9.17, 15) is 18.3 Å². The largest absolute Gasteiger partial charge is 0.506 e. The summed E-state index contributed by atoms with van der Waals surface area (Å²) < 4.78 is 38.7. The highest BCUT2D eigenvalue weighted by atomic mass is 35.5. The Balaban J connectivity index is 1.80. The van der Waals surface area contributed by atoms with Crippen molar-refractivity contribution >= 4 is 39.1 Å². The number of para-hydroxylation sites is 1. The number of aromatic hydroxyl groups is 1. The molecule has 13 nitrogen and oxygen atoms in total. The average molecular weight is 530 g/mol. The van der Waals surface area contributed by atoms with Gasteiger partial charge >= 0.3 is 5.91 Å². The summed E-state index contributed by atoms with van der Waals surface area (Å²) in [6.07, 6.45) is 3.87. The van der Waals surface area contributed by atoms with E-state index in [-0.39, 0.29) is 45.5 Å². The van der Waals surface area contributed by atoms with Gasteiger partial charge in [-0.25, -0.2) is 28.1 Å². The van der Waals surface area contributed by atoms with Crippen LogP contribution in [0.3, 0.4) is 0 Å². The van der Waals surface area contributed by atoms with Crippen LogP contribution in [0.1, 0.15) is 22.3 Å². The summed E-state index contributed by atoms with van der Waals surface area (Å²) in [7, 11) is -1.53. The van der Waals surface area contributed by atoms with Gasteiger partial charge < -0.3 is 14.6 Å². The fourth-order valence-corrected chi connectivity index (χ4v) is 4.08. The molecule has 2 N–H and O–H groups in total. The van der Waals surface area contributed by atoms with Crippen molar-refractivity contribution in [3.05, 3.63) is 70.6 Å². The monoisotopic (exact) mass is 529 g/mol. The number of aliphatic imine (C=N–C) groups is 1. The first-order chi connectivity index (χ1) is 17.2. The molecule has 0 atom stereocenters. The van der Waals surface area contributed by atoms with Crippen molar-refractivity contribution in [1.82, 2.24) is 29.5 Å². The first kappa shape index (κ1) is 24.6. The smallest absolute Gasteiger partial charge is 0.303 e. The third-order valence-corrected chi connectivity index (χ3v) is 5.89. The number of rotatable bonds is 7. The standard InChI is InChI=1S/C21H16ClN7O6S/c1-34-15-7-4-6-14(30)18(15)29-19(13-5-3-8-17(25-13)35-2)26-27-20(29)21(31)28-36(32,33)11-16-23-9-12(22)10-24-16/h4,6-10,30H,11H2,1-2H3,(H,28,31). The summed E-state index contributed by atoms with van der Waals surface area (Å²) >= 11 is 5.72. The zero-order chi connectivity index (χ0) is 25.9. The molecule has 0 unspecified atom stereocenters. The molecule has 0 bridgehead atoms. The number of hydrogen-bond acceptors (Lipinski definition) is 11. The van der Waals surface area contributed by atoms with Gasteiger partial charge in [0, 0.05) is 12.4 Å². The summed E-state index contributed by atoms with van der Waals surface area (Å²) in [5, 5.41) is 18.7. The number of benzene rings is 1. The summed E-state index contributed by atoms with van der Waals surface area (Å²) in [6.45, 7) is 0. The van der Waals surface area contributed by atoms with Crippen LogP contribution in [0, 0.1) is 0 Å². The maximum absolute atomic E-state index is 13.1. The lowest BCUT2D eigenvalue weighted by Gasteiger charge is -2.15. The van der Waals surface area contributed by atoms with Crippen molar-refractivity contribution in [2.75, 3.05) is 14.2 Å². The van der Waals surface area contributed by atoms with Crippen molar-refractivity contribution in [3.8, 4) is 17.2 Å². The molecule has 2 aromatic heterocycles. The average Bonchev–Trinajstić information content (AvgIpc) is 3.29. The van der Waals surface area contributed by atoms with Crippen LogP contribution >= 0.6 is 11.6 Å². The van der Waals surface area contributed by atoms with E-state index >= 15 is 0 Å². The third-order valence-electron chi connectivity index (χ3n) is 4.56. The van der Waals surface area contributed by atoms with Crippen molar-refractivity contribution in [2.45, 2.75) is 5.75 Å². The fraction of sp³-hybridized carbons (Fsp3) is 0.143. The lowest BCUT2D eigenvalue weighted by Crippen LogP contribution is -2.34. The molecule has 36 heavy (non-hydrogen) atoms. The van der Waals surface area contributed by atoms with E-state index in [1.165, 1.54) is 50.9 Å². The van der Waals surface area contributed by atoms with Gasteiger partial charge in [-0.15, -0.1) is 10.2 Å². The van der Waals surface area contributed by atoms with Crippen LogP contribution in [0.2, 0.25) is 5.02 Å². The predicted molar refractivity (Wildman–Crippen MR) is 126 cm³/mol. The molecule has 0 aliphatic carbocycles.